The summed E-state index contributed by atoms with van der Waals surface area (Å²) in [6.45, 7) is 0.0365. The number of likely N-dealkylation sites (tertiary alicyclic amines) is 1. The molecule has 1 aliphatic rings. The van der Waals surface area contributed by atoms with Crippen molar-refractivity contribution < 1.29 is 19.1 Å². The highest BCUT2D eigenvalue weighted by atomic mass is 35.5. The minimum absolute atomic E-state index is 0.0365. The van der Waals surface area contributed by atoms with Crippen LogP contribution >= 0.6 is 11.6 Å². The van der Waals surface area contributed by atoms with Crippen LogP contribution in [0.25, 0.3) is 5.76 Å². The molecule has 5 nitrogen and oxygen atoms in total. The van der Waals surface area contributed by atoms with Crippen LogP contribution in [0.3, 0.4) is 0 Å². The molecular formula is C23H16ClFN2O3. The Balaban J connectivity index is 1.88. The summed E-state index contributed by atoms with van der Waals surface area (Å²) in [6, 6.07) is 14.4. The van der Waals surface area contributed by atoms with E-state index in [9.17, 15) is 19.1 Å². The zero-order valence-electron chi connectivity index (χ0n) is 15.6. The SMILES string of the molecule is O=C1C(=O)N(Cc2cccnc2)[C@@H](c2ccccc2F)C1=C(O)c1ccc(Cl)cc1. The largest absolute Gasteiger partial charge is 0.507 e. The van der Waals surface area contributed by atoms with Crippen LogP contribution in [0, 0.1) is 5.82 Å². The molecule has 1 aliphatic heterocycles. The molecule has 2 aromatic carbocycles. The molecule has 1 atom stereocenters. The first kappa shape index (κ1) is 19.8. The number of benzene rings is 2. The number of halogens is 2. The molecule has 0 unspecified atom stereocenters. The highest BCUT2D eigenvalue weighted by molar-refractivity contribution is 6.46. The van der Waals surface area contributed by atoms with Crippen molar-refractivity contribution in [2.45, 2.75) is 12.6 Å². The van der Waals surface area contributed by atoms with Gasteiger partial charge in [-0.15, -0.1) is 0 Å². The van der Waals surface area contributed by atoms with E-state index in [0.29, 0.717) is 16.1 Å². The number of aliphatic hydroxyl groups is 1. The number of carbonyl (C=O) groups excluding carboxylic acids is 2. The van der Waals surface area contributed by atoms with E-state index in [0.717, 1.165) is 0 Å². The quantitative estimate of drug-likeness (QED) is 0.382. The summed E-state index contributed by atoms with van der Waals surface area (Å²) in [6.07, 6.45) is 3.16. The molecule has 0 radical (unpaired) electrons. The van der Waals surface area contributed by atoms with Crippen molar-refractivity contribution >= 4 is 29.1 Å². The predicted octanol–water partition coefficient (Wildman–Crippen LogP) is 4.50. The standard InChI is InChI=1S/C23H16ClFN2O3/c24-16-9-7-15(8-10-16)21(28)19-20(17-5-1-2-6-18(17)25)27(23(30)22(19)29)13-14-4-3-11-26-12-14/h1-12,20,28H,13H2/t20-/m0/s1. The lowest BCUT2D eigenvalue weighted by molar-refractivity contribution is -0.140. The van der Waals surface area contributed by atoms with E-state index in [1.54, 1.807) is 42.7 Å². The van der Waals surface area contributed by atoms with Gasteiger partial charge in [-0.05, 0) is 42.0 Å². The fraction of sp³-hybridized carbons (Fsp3) is 0.0870. The Hall–Kier alpha value is -3.51. The number of carbonyl (C=O) groups is 2. The van der Waals surface area contributed by atoms with Crippen molar-refractivity contribution in [1.29, 1.82) is 0 Å². The molecule has 0 aliphatic carbocycles. The number of hydrogen-bond acceptors (Lipinski definition) is 4. The van der Waals surface area contributed by atoms with Crippen LogP contribution < -0.4 is 0 Å². The Kier molecular flexibility index (Phi) is 5.33. The molecule has 1 aromatic heterocycles. The molecule has 3 aromatic rings. The van der Waals surface area contributed by atoms with Gasteiger partial charge in [-0.1, -0.05) is 35.9 Å². The van der Waals surface area contributed by atoms with Crippen molar-refractivity contribution in [3.8, 4) is 0 Å². The second-order valence-corrected chi connectivity index (χ2v) is 7.25. The number of rotatable bonds is 4. The lowest BCUT2D eigenvalue weighted by atomic mass is 9.95. The third-order valence-electron chi connectivity index (χ3n) is 4.93. The number of amides is 1. The highest BCUT2D eigenvalue weighted by Crippen LogP contribution is 2.41. The van der Waals surface area contributed by atoms with E-state index in [-0.39, 0.29) is 23.4 Å². The zero-order valence-corrected chi connectivity index (χ0v) is 16.4. The van der Waals surface area contributed by atoms with Gasteiger partial charge in [0.1, 0.15) is 11.6 Å². The van der Waals surface area contributed by atoms with Crippen LogP contribution in [0.2, 0.25) is 5.02 Å². The minimum atomic E-state index is -1.08. The normalized spacial score (nSPS) is 18.1. The first-order valence-corrected chi connectivity index (χ1v) is 9.53. The molecule has 2 heterocycles. The van der Waals surface area contributed by atoms with Gasteiger partial charge in [-0.2, -0.15) is 0 Å². The molecule has 30 heavy (non-hydrogen) atoms. The summed E-state index contributed by atoms with van der Waals surface area (Å²) in [4.78, 5) is 31.1. The number of Topliss-reactive ketones (excluding diaryl/α,β-unsaturated/α-hetero) is 1. The molecule has 1 amide bonds. The monoisotopic (exact) mass is 422 g/mol. The molecule has 0 saturated carbocycles. The maximum Gasteiger partial charge on any atom is 0.295 e. The van der Waals surface area contributed by atoms with Crippen molar-refractivity contribution in [3.05, 3.63) is 106 Å². The first-order valence-electron chi connectivity index (χ1n) is 9.15. The Morgan fingerprint density at radius 1 is 1.07 bits per heavy atom. The Morgan fingerprint density at radius 3 is 2.47 bits per heavy atom. The van der Waals surface area contributed by atoms with Gasteiger partial charge in [0.15, 0.2) is 0 Å². The Labute approximate surface area is 177 Å². The molecule has 0 bridgehead atoms. The lowest BCUT2D eigenvalue weighted by Crippen LogP contribution is -2.29. The van der Waals surface area contributed by atoms with Gasteiger partial charge < -0.3 is 10.0 Å². The summed E-state index contributed by atoms with van der Waals surface area (Å²) in [5, 5.41) is 11.4. The van der Waals surface area contributed by atoms with Crippen LogP contribution in [-0.4, -0.2) is 26.7 Å². The fourth-order valence-electron chi connectivity index (χ4n) is 3.51. The van der Waals surface area contributed by atoms with E-state index in [4.69, 9.17) is 11.6 Å². The summed E-state index contributed by atoms with van der Waals surface area (Å²) < 4.78 is 14.7. The van der Waals surface area contributed by atoms with Crippen molar-refractivity contribution in [2.75, 3.05) is 0 Å². The maximum atomic E-state index is 14.7. The topological polar surface area (TPSA) is 70.5 Å². The van der Waals surface area contributed by atoms with E-state index in [2.05, 4.69) is 4.98 Å². The first-order chi connectivity index (χ1) is 14.5. The van der Waals surface area contributed by atoms with Crippen LogP contribution in [0.5, 0.6) is 0 Å². The van der Waals surface area contributed by atoms with Gasteiger partial charge in [0, 0.05) is 35.1 Å². The molecule has 1 N–H and O–H groups in total. The van der Waals surface area contributed by atoms with Crippen LogP contribution in [0.4, 0.5) is 4.39 Å². The lowest BCUT2D eigenvalue weighted by Gasteiger charge is -2.25. The number of aliphatic hydroxyl groups excluding tert-OH is 1. The third kappa shape index (κ3) is 3.57. The highest BCUT2D eigenvalue weighted by Gasteiger charge is 2.46. The van der Waals surface area contributed by atoms with Gasteiger partial charge in [0.05, 0.1) is 11.6 Å². The van der Waals surface area contributed by atoms with E-state index in [1.165, 1.54) is 35.2 Å². The Morgan fingerprint density at radius 2 is 1.80 bits per heavy atom. The average molecular weight is 423 g/mol. The van der Waals surface area contributed by atoms with E-state index >= 15 is 0 Å². The molecular weight excluding hydrogens is 407 g/mol. The molecule has 7 heteroatoms. The smallest absolute Gasteiger partial charge is 0.295 e. The Bertz CT molecular complexity index is 1150. The molecule has 4 rings (SSSR count). The van der Waals surface area contributed by atoms with Gasteiger partial charge in [-0.25, -0.2) is 4.39 Å². The van der Waals surface area contributed by atoms with Crippen LogP contribution in [0.1, 0.15) is 22.7 Å². The van der Waals surface area contributed by atoms with Gasteiger partial charge in [-0.3, -0.25) is 14.6 Å². The molecule has 1 fully saturated rings. The summed E-state index contributed by atoms with van der Waals surface area (Å²) in [5.41, 5.74) is 0.930. The predicted molar refractivity (Wildman–Crippen MR) is 110 cm³/mol. The minimum Gasteiger partial charge on any atom is -0.507 e. The van der Waals surface area contributed by atoms with E-state index in [1.807, 2.05) is 0 Å². The van der Waals surface area contributed by atoms with Crippen LogP contribution in [0.15, 0.2) is 78.6 Å². The molecule has 0 spiro atoms. The number of nitrogens with zero attached hydrogens (tertiary/aromatic N) is 2. The number of hydrogen-bond donors (Lipinski definition) is 1. The average Bonchev–Trinajstić information content (AvgIpc) is 3.00. The van der Waals surface area contributed by atoms with Gasteiger partial charge in [0.25, 0.3) is 11.7 Å². The zero-order chi connectivity index (χ0) is 21.3. The maximum absolute atomic E-state index is 14.7. The van der Waals surface area contributed by atoms with E-state index < -0.39 is 23.5 Å². The summed E-state index contributed by atoms with van der Waals surface area (Å²) >= 11 is 5.90. The number of ketones is 1. The number of aromatic nitrogens is 1. The number of pyridine rings is 1. The summed E-state index contributed by atoms with van der Waals surface area (Å²) in [7, 11) is 0. The second kappa shape index (κ2) is 8.08. The fourth-order valence-corrected chi connectivity index (χ4v) is 3.64. The van der Waals surface area contributed by atoms with Crippen molar-refractivity contribution in [1.82, 2.24) is 9.88 Å². The molecule has 1 saturated heterocycles. The second-order valence-electron chi connectivity index (χ2n) is 6.82. The third-order valence-corrected chi connectivity index (χ3v) is 5.19. The van der Waals surface area contributed by atoms with Crippen molar-refractivity contribution in [2.24, 2.45) is 0 Å². The van der Waals surface area contributed by atoms with Gasteiger partial charge in [0.2, 0.25) is 0 Å². The molecule has 150 valence electrons. The van der Waals surface area contributed by atoms with Crippen molar-refractivity contribution in [3.63, 3.8) is 0 Å². The van der Waals surface area contributed by atoms with Crippen LogP contribution in [-0.2, 0) is 16.1 Å². The van der Waals surface area contributed by atoms with Gasteiger partial charge >= 0.3 is 0 Å². The summed E-state index contributed by atoms with van der Waals surface area (Å²) in [5.74, 6) is -2.66.